The van der Waals surface area contributed by atoms with Crippen LogP contribution in [-0.4, -0.2) is 15.6 Å². The maximum absolute atomic E-state index is 10.5. The van der Waals surface area contributed by atoms with Crippen LogP contribution in [0.25, 0.3) is 0 Å². The Morgan fingerprint density at radius 1 is 1.64 bits per heavy atom. The van der Waals surface area contributed by atoms with Crippen LogP contribution in [0.15, 0.2) is 6.20 Å². The van der Waals surface area contributed by atoms with Crippen molar-refractivity contribution in [2.45, 2.75) is 0 Å². The minimum atomic E-state index is -1.10. The molecule has 11 heavy (non-hydrogen) atoms. The largest absolute Gasteiger partial charge is 0.477 e. The Kier molecular flexibility index (Phi) is 1.48. The number of aromatic carboxylic acids is 1. The zero-order valence-electron chi connectivity index (χ0n) is 6.03. The van der Waals surface area contributed by atoms with Gasteiger partial charge in [0.1, 0.15) is 11.4 Å². The summed E-state index contributed by atoms with van der Waals surface area (Å²) >= 11 is 0. The number of carboxylic acid groups (broad SMARTS) is 1. The van der Waals surface area contributed by atoms with Gasteiger partial charge in [-0.05, 0) is 0 Å². The van der Waals surface area contributed by atoms with E-state index in [1.54, 1.807) is 7.05 Å². The Morgan fingerprint density at radius 3 is 2.36 bits per heavy atom. The van der Waals surface area contributed by atoms with E-state index in [2.05, 4.69) is 0 Å². The van der Waals surface area contributed by atoms with Gasteiger partial charge in [-0.25, -0.2) is 4.79 Å². The Labute approximate surface area is 63.2 Å². The van der Waals surface area contributed by atoms with Crippen molar-refractivity contribution in [2.75, 3.05) is 11.5 Å². The van der Waals surface area contributed by atoms with E-state index in [1.807, 2.05) is 0 Å². The maximum Gasteiger partial charge on any atom is 0.341 e. The van der Waals surface area contributed by atoms with Crippen LogP contribution in [0.3, 0.4) is 0 Å². The van der Waals surface area contributed by atoms with E-state index < -0.39 is 5.97 Å². The first-order valence-corrected chi connectivity index (χ1v) is 2.97. The molecule has 60 valence electrons. The van der Waals surface area contributed by atoms with Crippen LogP contribution >= 0.6 is 0 Å². The fourth-order valence-corrected chi connectivity index (χ4v) is 0.900. The van der Waals surface area contributed by atoms with E-state index in [-0.39, 0.29) is 17.1 Å². The van der Waals surface area contributed by atoms with E-state index in [9.17, 15) is 4.79 Å². The Hall–Kier alpha value is -1.65. The number of nitrogens with zero attached hydrogens (tertiary/aromatic N) is 1. The summed E-state index contributed by atoms with van der Waals surface area (Å²) in [5.74, 6) is -0.921. The number of rotatable bonds is 1. The first kappa shape index (κ1) is 7.46. The fourth-order valence-electron chi connectivity index (χ4n) is 0.900. The molecule has 5 heteroatoms. The predicted octanol–water partition coefficient (Wildman–Crippen LogP) is -0.112. The molecule has 0 atom stereocenters. The second-order valence-corrected chi connectivity index (χ2v) is 2.26. The zero-order chi connectivity index (χ0) is 8.59. The van der Waals surface area contributed by atoms with Crippen LogP contribution in [0.4, 0.5) is 11.5 Å². The van der Waals surface area contributed by atoms with E-state index >= 15 is 0 Å². The lowest BCUT2D eigenvalue weighted by atomic mass is 10.3. The van der Waals surface area contributed by atoms with Gasteiger partial charge in [0.15, 0.2) is 0 Å². The number of aromatic nitrogens is 1. The quantitative estimate of drug-likeness (QED) is 0.527. The van der Waals surface area contributed by atoms with Gasteiger partial charge in [-0.15, -0.1) is 0 Å². The van der Waals surface area contributed by atoms with Gasteiger partial charge >= 0.3 is 5.97 Å². The molecule has 0 spiro atoms. The average molecular weight is 155 g/mol. The van der Waals surface area contributed by atoms with Crippen LogP contribution in [0.1, 0.15) is 10.4 Å². The standard InChI is InChI=1S/C6H9N3O2/c1-9-2-3(7)4(5(9)8)6(10)11/h2H,7-8H2,1H3,(H,10,11). The van der Waals surface area contributed by atoms with Crippen molar-refractivity contribution in [3.05, 3.63) is 11.8 Å². The third-order valence-electron chi connectivity index (χ3n) is 1.47. The molecule has 0 saturated carbocycles. The molecule has 1 rings (SSSR count). The molecule has 0 amide bonds. The molecule has 0 radical (unpaired) electrons. The molecule has 0 unspecified atom stereocenters. The summed E-state index contributed by atoms with van der Waals surface area (Å²) < 4.78 is 1.47. The summed E-state index contributed by atoms with van der Waals surface area (Å²) in [7, 11) is 1.64. The summed E-state index contributed by atoms with van der Waals surface area (Å²) in [6.07, 6.45) is 1.47. The lowest BCUT2D eigenvalue weighted by Crippen LogP contribution is -2.04. The van der Waals surface area contributed by atoms with Crippen molar-refractivity contribution in [1.82, 2.24) is 4.57 Å². The number of hydrogen-bond donors (Lipinski definition) is 3. The van der Waals surface area contributed by atoms with Gasteiger partial charge in [-0.1, -0.05) is 0 Å². The minimum Gasteiger partial charge on any atom is -0.477 e. The van der Waals surface area contributed by atoms with Crippen molar-refractivity contribution in [3.63, 3.8) is 0 Å². The summed E-state index contributed by atoms with van der Waals surface area (Å²) in [5.41, 5.74) is 10.9. The van der Waals surface area contributed by atoms with Gasteiger partial charge in [-0.3, -0.25) is 0 Å². The highest BCUT2D eigenvalue weighted by molar-refractivity contribution is 5.98. The van der Waals surface area contributed by atoms with Crippen LogP contribution in [0.2, 0.25) is 0 Å². The number of aryl methyl sites for hydroxylation is 1. The smallest absolute Gasteiger partial charge is 0.341 e. The first-order chi connectivity index (χ1) is 5.04. The number of nitrogens with two attached hydrogens (primary N) is 2. The molecule has 5 N–H and O–H groups in total. The van der Waals surface area contributed by atoms with Crippen LogP contribution < -0.4 is 11.5 Å². The highest BCUT2D eigenvalue weighted by atomic mass is 16.4. The van der Waals surface area contributed by atoms with Gasteiger partial charge in [0, 0.05) is 13.2 Å². The van der Waals surface area contributed by atoms with Crippen LogP contribution in [-0.2, 0) is 7.05 Å². The molecular formula is C6H9N3O2. The van der Waals surface area contributed by atoms with Crippen molar-refractivity contribution in [2.24, 2.45) is 7.05 Å². The molecule has 0 aliphatic rings. The van der Waals surface area contributed by atoms with Gasteiger partial charge in [-0.2, -0.15) is 0 Å². The highest BCUT2D eigenvalue weighted by Gasteiger charge is 2.15. The average Bonchev–Trinajstić information content (AvgIpc) is 2.07. The molecule has 0 saturated heterocycles. The SMILES string of the molecule is Cn1cc(N)c(C(=O)O)c1N. The third-order valence-corrected chi connectivity index (χ3v) is 1.47. The van der Waals surface area contributed by atoms with Crippen molar-refractivity contribution < 1.29 is 9.90 Å². The molecular weight excluding hydrogens is 146 g/mol. The summed E-state index contributed by atoms with van der Waals surface area (Å²) in [6.45, 7) is 0. The Morgan fingerprint density at radius 2 is 2.18 bits per heavy atom. The fraction of sp³-hybridized carbons (Fsp3) is 0.167. The van der Waals surface area contributed by atoms with Gasteiger partial charge in [0.05, 0.1) is 5.69 Å². The molecule has 1 aromatic rings. The monoisotopic (exact) mass is 155 g/mol. The van der Waals surface area contributed by atoms with Gasteiger partial charge in [0.25, 0.3) is 0 Å². The van der Waals surface area contributed by atoms with E-state index in [0.717, 1.165) is 0 Å². The van der Waals surface area contributed by atoms with Crippen LogP contribution in [0.5, 0.6) is 0 Å². The number of carboxylic acids is 1. The Bertz CT molecular complexity index is 303. The zero-order valence-corrected chi connectivity index (χ0v) is 6.03. The number of nitrogen functional groups attached to an aromatic ring is 2. The number of anilines is 2. The second kappa shape index (κ2) is 2.19. The lowest BCUT2D eigenvalue weighted by Gasteiger charge is -1.95. The third kappa shape index (κ3) is 1.000. The summed E-state index contributed by atoms with van der Waals surface area (Å²) in [4.78, 5) is 10.5. The second-order valence-electron chi connectivity index (χ2n) is 2.26. The Balaban J connectivity index is 3.34. The lowest BCUT2D eigenvalue weighted by molar-refractivity contribution is 0.0699. The normalized spacial score (nSPS) is 9.91. The van der Waals surface area contributed by atoms with E-state index in [4.69, 9.17) is 16.6 Å². The molecule has 0 fully saturated rings. The first-order valence-electron chi connectivity index (χ1n) is 2.97. The van der Waals surface area contributed by atoms with Crippen LogP contribution in [0, 0.1) is 0 Å². The number of carbonyl (C=O) groups is 1. The summed E-state index contributed by atoms with van der Waals surface area (Å²) in [6, 6.07) is 0. The summed E-state index contributed by atoms with van der Waals surface area (Å²) in [5, 5.41) is 8.59. The van der Waals surface area contributed by atoms with Gasteiger partial charge in [0.2, 0.25) is 0 Å². The number of hydrogen-bond acceptors (Lipinski definition) is 3. The molecule has 5 nitrogen and oxygen atoms in total. The van der Waals surface area contributed by atoms with E-state index in [0.29, 0.717) is 0 Å². The molecule has 0 aromatic carbocycles. The maximum atomic E-state index is 10.5. The van der Waals surface area contributed by atoms with Crippen molar-refractivity contribution in [1.29, 1.82) is 0 Å². The molecule has 0 aliphatic heterocycles. The molecule has 0 bridgehead atoms. The van der Waals surface area contributed by atoms with E-state index in [1.165, 1.54) is 10.8 Å². The highest BCUT2D eigenvalue weighted by Crippen LogP contribution is 2.20. The molecule has 1 heterocycles. The van der Waals surface area contributed by atoms with Crippen molar-refractivity contribution >= 4 is 17.5 Å². The molecule has 1 aromatic heterocycles. The minimum absolute atomic E-state index is 0.0208. The van der Waals surface area contributed by atoms with Crippen molar-refractivity contribution in [3.8, 4) is 0 Å². The topological polar surface area (TPSA) is 94.3 Å². The van der Waals surface area contributed by atoms with Gasteiger partial charge < -0.3 is 21.1 Å². The predicted molar refractivity (Wildman–Crippen MR) is 41.2 cm³/mol. The molecule has 0 aliphatic carbocycles.